The Morgan fingerprint density at radius 3 is 2.56 bits per heavy atom. The zero-order chi connectivity index (χ0) is 22.3. The third-order valence-electron chi connectivity index (χ3n) is 7.00. The minimum absolute atomic E-state index is 0.00147. The number of amides is 2. The summed E-state index contributed by atoms with van der Waals surface area (Å²) in [5, 5.41) is 3.07. The van der Waals surface area contributed by atoms with Crippen molar-refractivity contribution < 1.29 is 19.1 Å². The van der Waals surface area contributed by atoms with Gasteiger partial charge in [0.15, 0.2) is 0 Å². The van der Waals surface area contributed by atoms with Gasteiger partial charge in [-0.2, -0.15) is 0 Å². The molecule has 1 N–H and O–H groups in total. The lowest BCUT2D eigenvalue weighted by atomic mass is 9.95. The van der Waals surface area contributed by atoms with Crippen molar-refractivity contribution >= 4 is 11.8 Å². The summed E-state index contributed by atoms with van der Waals surface area (Å²) in [5.74, 6) is 1.48. The second kappa shape index (κ2) is 11.1. The molecule has 2 heterocycles. The molecule has 0 atom stereocenters. The highest BCUT2D eigenvalue weighted by molar-refractivity contribution is 5.82. The highest BCUT2D eigenvalue weighted by Gasteiger charge is 2.35. The van der Waals surface area contributed by atoms with Crippen molar-refractivity contribution in [3.63, 3.8) is 0 Å². The number of nitrogens with one attached hydrogen (secondary N) is 1. The summed E-state index contributed by atoms with van der Waals surface area (Å²) in [6, 6.07) is 8.53. The molecule has 0 radical (unpaired) electrons. The molecular formula is C25H37N3O4. The Kier molecular flexibility index (Phi) is 8.03. The van der Waals surface area contributed by atoms with E-state index in [1.807, 2.05) is 29.2 Å². The van der Waals surface area contributed by atoms with Gasteiger partial charge < -0.3 is 19.7 Å². The molecule has 0 bridgehead atoms. The fourth-order valence-electron chi connectivity index (χ4n) is 4.65. The average molecular weight is 444 g/mol. The molecular weight excluding hydrogens is 406 g/mol. The van der Waals surface area contributed by atoms with Crippen molar-refractivity contribution in [2.24, 2.45) is 11.8 Å². The monoisotopic (exact) mass is 443 g/mol. The number of carbonyl (C=O) groups excluding carboxylic acids is 2. The van der Waals surface area contributed by atoms with E-state index in [0.29, 0.717) is 38.2 Å². The molecule has 0 unspecified atom stereocenters. The van der Waals surface area contributed by atoms with Crippen LogP contribution < -0.4 is 10.1 Å². The highest BCUT2D eigenvalue weighted by Crippen LogP contribution is 2.32. The lowest BCUT2D eigenvalue weighted by Gasteiger charge is -2.31. The number of ether oxygens (including phenoxy) is 2. The molecule has 2 aliphatic heterocycles. The van der Waals surface area contributed by atoms with Gasteiger partial charge >= 0.3 is 0 Å². The fraction of sp³-hybridized carbons (Fsp3) is 0.680. The number of carbonyl (C=O) groups is 2. The Bertz CT molecular complexity index is 768. The van der Waals surface area contributed by atoms with Gasteiger partial charge in [0.05, 0.1) is 0 Å². The van der Waals surface area contributed by atoms with Crippen molar-refractivity contribution in [2.75, 3.05) is 46.5 Å². The quantitative estimate of drug-likeness (QED) is 0.635. The Hall–Kier alpha value is -2.12. The Morgan fingerprint density at radius 2 is 1.84 bits per heavy atom. The molecule has 1 saturated carbocycles. The smallest absolute Gasteiger partial charge is 0.225 e. The maximum atomic E-state index is 12.6. The number of likely N-dealkylation sites (N-methyl/N-ethyl adjacent to an activating group) is 1. The normalized spacial score (nSPS) is 20.4. The van der Waals surface area contributed by atoms with Crippen molar-refractivity contribution in [3.05, 3.63) is 29.8 Å². The van der Waals surface area contributed by atoms with Crippen LogP contribution in [0.15, 0.2) is 24.3 Å². The van der Waals surface area contributed by atoms with Gasteiger partial charge in [-0.1, -0.05) is 12.1 Å². The highest BCUT2D eigenvalue weighted by atomic mass is 16.5. The van der Waals surface area contributed by atoms with Crippen molar-refractivity contribution in [3.8, 4) is 5.75 Å². The van der Waals surface area contributed by atoms with Gasteiger partial charge in [-0.25, -0.2) is 0 Å². The van der Waals surface area contributed by atoms with E-state index >= 15 is 0 Å². The number of piperidine rings is 1. The van der Waals surface area contributed by atoms with Gasteiger partial charge in [0.1, 0.15) is 12.4 Å². The number of nitrogens with zero attached hydrogens (tertiary/aromatic N) is 2. The minimum Gasteiger partial charge on any atom is -0.492 e. The molecule has 1 aliphatic carbocycles. The summed E-state index contributed by atoms with van der Waals surface area (Å²) in [4.78, 5) is 29.1. The largest absolute Gasteiger partial charge is 0.492 e. The maximum Gasteiger partial charge on any atom is 0.225 e. The Balaban J connectivity index is 1.16. The standard InChI is InChI=1S/C25H37N3O4/c1-27(22-9-14-31-15-10-22)13-16-32-23-4-2-3-19(17-23)18-26-24(29)20-7-11-28(12-8-20)25(30)21-5-6-21/h2-4,17,20-22H,5-16,18H2,1H3,(H,26,29). The van der Waals surface area contributed by atoms with Crippen molar-refractivity contribution in [1.82, 2.24) is 15.1 Å². The van der Waals surface area contributed by atoms with Crippen LogP contribution in [-0.2, 0) is 20.9 Å². The summed E-state index contributed by atoms with van der Waals surface area (Å²) in [6.07, 6.45) is 5.76. The molecule has 0 spiro atoms. The zero-order valence-corrected chi connectivity index (χ0v) is 19.3. The molecule has 1 aromatic rings. The van der Waals surface area contributed by atoms with Crippen LogP contribution >= 0.6 is 0 Å². The lowest BCUT2D eigenvalue weighted by molar-refractivity contribution is -0.136. The summed E-state index contributed by atoms with van der Waals surface area (Å²) < 4.78 is 11.4. The maximum absolute atomic E-state index is 12.6. The predicted molar refractivity (Wildman–Crippen MR) is 122 cm³/mol. The van der Waals surface area contributed by atoms with E-state index in [9.17, 15) is 9.59 Å². The molecule has 3 aliphatic rings. The first kappa shape index (κ1) is 23.1. The number of benzene rings is 1. The molecule has 4 rings (SSSR count). The summed E-state index contributed by atoms with van der Waals surface area (Å²) in [6.45, 7) is 5.13. The second-order valence-electron chi connectivity index (χ2n) is 9.41. The van der Waals surface area contributed by atoms with Crippen LogP contribution in [0.5, 0.6) is 5.75 Å². The third-order valence-corrected chi connectivity index (χ3v) is 7.00. The number of hydrogen-bond acceptors (Lipinski definition) is 5. The average Bonchev–Trinajstić information content (AvgIpc) is 3.68. The molecule has 0 aromatic heterocycles. The van der Waals surface area contributed by atoms with Crippen LogP contribution in [0.4, 0.5) is 0 Å². The van der Waals surface area contributed by atoms with Crippen LogP contribution in [-0.4, -0.2) is 74.2 Å². The van der Waals surface area contributed by atoms with Crippen LogP contribution in [0, 0.1) is 11.8 Å². The van der Waals surface area contributed by atoms with E-state index in [1.54, 1.807) is 0 Å². The molecule has 176 valence electrons. The van der Waals surface area contributed by atoms with Gasteiger partial charge in [0.2, 0.25) is 11.8 Å². The Morgan fingerprint density at radius 1 is 1.09 bits per heavy atom. The van der Waals surface area contributed by atoms with Gasteiger partial charge in [-0.15, -0.1) is 0 Å². The van der Waals surface area contributed by atoms with Crippen LogP contribution in [0.3, 0.4) is 0 Å². The van der Waals surface area contributed by atoms with E-state index in [0.717, 1.165) is 69.6 Å². The molecule has 1 aromatic carbocycles. The lowest BCUT2D eigenvalue weighted by Crippen LogP contribution is -2.43. The SMILES string of the molecule is CN(CCOc1cccc(CNC(=O)C2CCN(C(=O)C3CC3)CC2)c1)C1CCOCC1. The minimum atomic E-state index is -0.00147. The van der Waals surface area contributed by atoms with Gasteiger partial charge in [0, 0.05) is 57.3 Å². The fourth-order valence-corrected chi connectivity index (χ4v) is 4.65. The van der Waals surface area contributed by atoms with Crippen LogP contribution in [0.2, 0.25) is 0 Å². The first-order valence-corrected chi connectivity index (χ1v) is 12.2. The first-order chi connectivity index (χ1) is 15.6. The van der Waals surface area contributed by atoms with Crippen molar-refractivity contribution in [1.29, 1.82) is 0 Å². The third kappa shape index (κ3) is 6.45. The molecule has 3 fully saturated rings. The van der Waals surface area contributed by atoms with Crippen molar-refractivity contribution in [2.45, 2.75) is 51.1 Å². The molecule has 7 heteroatoms. The summed E-state index contributed by atoms with van der Waals surface area (Å²) >= 11 is 0. The number of hydrogen-bond donors (Lipinski definition) is 1. The molecule has 32 heavy (non-hydrogen) atoms. The molecule has 2 saturated heterocycles. The summed E-state index contributed by atoms with van der Waals surface area (Å²) in [5.41, 5.74) is 1.04. The van der Waals surface area contributed by atoms with E-state index in [4.69, 9.17) is 9.47 Å². The van der Waals surface area contributed by atoms with Gasteiger partial charge in [-0.3, -0.25) is 14.5 Å². The van der Waals surface area contributed by atoms with Gasteiger partial charge in [-0.05, 0) is 63.3 Å². The predicted octanol–water partition coefficient (Wildman–Crippen LogP) is 2.44. The van der Waals surface area contributed by atoms with E-state index in [2.05, 4.69) is 17.3 Å². The second-order valence-corrected chi connectivity index (χ2v) is 9.41. The topological polar surface area (TPSA) is 71.1 Å². The van der Waals surface area contributed by atoms with E-state index in [1.165, 1.54) is 0 Å². The number of rotatable bonds is 9. The van der Waals surface area contributed by atoms with Gasteiger partial charge in [0.25, 0.3) is 0 Å². The summed E-state index contributed by atoms with van der Waals surface area (Å²) in [7, 11) is 2.15. The van der Waals surface area contributed by atoms with E-state index in [-0.39, 0.29) is 17.7 Å². The zero-order valence-electron chi connectivity index (χ0n) is 19.3. The molecule has 7 nitrogen and oxygen atoms in total. The van der Waals surface area contributed by atoms with E-state index < -0.39 is 0 Å². The first-order valence-electron chi connectivity index (χ1n) is 12.2. The Labute approximate surface area is 191 Å². The molecule has 2 amide bonds. The van der Waals surface area contributed by atoms with Crippen LogP contribution in [0.25, 0.3) is 0 Å². The van der Waals surface area contributed by atoms with Crippen LogP contribution in [0.1, 0.15) is 44.1 Å². The number of likely N-dealkylation sites (tertiary alicyclic amines) is 1.